The van der Waals surface area contributed by atoms with Gasteiger partial charge in [0.1, 0.15) is 5.82 Å². The maximum Gasteiger partial charge on any atom is 0.131 e. The van der Waals surface area contributed by atoms with Gasteiger partial charge >= 0.3 is 0 Å². The first kappa shape index (κ1) is 14.8. The molecule has 0 spiro atoms. The van der Waals surface area contributed by atoms with Crippen LogP contribution in [0.4, 0.5) is 5.82 Å². The van der Waals surface area contributed by atoms with Gasteiger partial charge in [-0.15, -0.1) is 0 Å². The predicted octanol–water partition coefficient (Wildman–Crippen LogP) is 3.66. The van der Waals surface area contributed by atoms with Gasteiger partial charge in [0.15, 0.2) is 0 Å². The van der Waals surface area contributed by atoms with Crippen molar-refractivity contribution in [3.05, 3.63) is 23.4 Å². The van der Waals surface area contributed by atoms with Gasteiger partial charge in [0.2, 0.25) is 0 Å². The van der Waals surface area contributed by atoms with Crippen LogP contribution in [-0.4, -0.2) is 24.1 Å². The molecule has 2 aliphatic carbocycles. The summed E-state index contributed by atoms with van der Waals surface area (Å²) in [5, 5.41) is 3.57. The topological polar surface area (TPSA) is 28.2 Å². The zero-order valence-corrected chi connectivity index (χ0v) is 13.7. The quantitative estimate of drug-likeness (QED) is 0.896. The first-order valence-corrected chi connectivity index (χ1v) is 8.57. The molecule has 3 rings (SSSR count). The summed E-state index contributed by atoms with van der Waals surface area (Å²) in [6, 6.07) is 3.72. The van der Waals surface area contributed by atoms with Crippen molar-refractivity contribution in [2.75, 3.05) is 11.9 Å². The van der Waals surface area contributed by atoms with E-state index in [-0.39, 0.29) is 0 Å². The van der Waals surface area contributed by atoms with E-state index in [1.165, 1.54) is 55.5 Å². The van der Waals surface area contributed by atoms with Crippen molar-refractivity contribution in [1.29, 1.82) is 0 Å². The number of nitrogens with zero attached hydrogens (tertiary/aromatic N) is 2. The fraction of sp³-hybridized carbons (Fsp3) is 0.722. The zero-order valence-electron chi connectivity index (χ0n) is 13.7. The van der Waals surface area contributed by atoms with Gasteiger partial charge in [-0.1, -0.05) is 19.8 Å². The van der Waals surface area contributed by atoms with Crippen LogP contribution in [0, 0.1) is 12.8 Å². The lowest BCUT2D eigenvalue weighted by atomic mass is 9.85. The van der Waals surface area contributed by atoms with Crippen molar-refractivity contribution in [1.82, 2.24) is 10.3 Å². The molecule has 0 radical (unpaired) electrons. The van der Waals surface area contributed by atoms with Gasteiger partial charge in [-0.25, -0.2) is 4.98 Å². The molecular formula is C18H29N3. The molecular weight excluding hydrogens is 258 g/mol. The summed E-state index contributed by atoms with van der Waals surface area (Å²) in [5.41, 5.74) is 2.62. The summed E-state index contributed by atoms with van der Waals surface area (Å²) in [4.78, 5) is 7.20. The van der Waals surface area contributed by atoms with Crippen LogP contribution in [0.25, 0.3) is 0 Å². The van der Waals surface area contributed by atoms with Crippen molar-refractivity contribution in [3.8, 4) is 0 Å². The Kier molecular flexibility index (Phi) is 4.48. The molecule has 2 saturated carbocycles. The Balaban J connectivity index is 1.68. The summed E-state index contributed by atoms with van der Waals surface area (Å²) in [6.07, 6.45) is 10.2. The van der Waals surface area contributed by atoms with E-state index in [2.05, 4.69) is 43.4 Å². The molecule has 1 aromatic heterocycles. The van der Waals surface area contributed by atoms with Crippen LogP contribution in [-0.2, 0) is 6.54 Å². The number of nitrogens with one attached hydrogen (secondary N) is 1. The molecule has 2 fully saturated rings. The Hall–Kier alpha value is -1.09. The van der Waals surface area contributed by atoms with Crippen LogP contribution in [0.5, 0.6) is 0 Å². The third-order valence-corrected chi connectivity index (χ3v) is 5.18. The van der Waals surface area contributed by atoms with E-state index in [1.54, 1.807) is 0 Å². The number of aryl methyl sites for hydroxylation is 1. The van der Waals surface area contributed by atoms with Crippen molar-refractivity contribution in [3.63, 3.8) is 0 Å². The highest BCUT2D eigenvalue weighted by atomic mass is 15.2. The SMILES string of the molecule is Cc1cc(CNC2CC2)cnc1N(C)C1CCCCC1C. The van der Waals surface area contributed by atoms with Gasteiger partial charge in [0.25, 0.3) is 0 Å². The Morgan fingerprint density at radius 3 is 2.67 bits per heavy atom. The minimum Gasteiger partial charge on any atom is -0.356 e. The molecule has 2 atom stereocenters. The molecule has 1 aromatic rings. The monoisotopic (exact) mass is 287 g/mol. The normalized spacial score (nSPS) is 25.9. The van der Waals surface area contributed by atoms with E-state index in [4.69, 9.17) is 4.98 Å². The molecule has 0 amide bonds. The summed E-state index contributed by atoms with van der Waals surface area (Å²) in [6.45, 7) is 5.55. The van der Waals surface area contributed by atoms with Crippen LogP contribution in [0.2, 0.25) is 0 Å². The van der Waals surface area contributed by atoms with Gasteiger partial charge in [0, 0.05) is 31.9 Å². The fourth-order valence-electron chi connectivity index (χ4n) is 3.67. The van der Waals surface area contributed by atoms with E-state index in [0.29, 0.717) is 6.04 Å². The van der Waals surface area contributed by atoms with E-state index in [9.17, 15) is 0 Å². The van der Waals surface area contributed by atoms with Crippen LogP contribution in [0.3, 0.4) is 0 Å². The molecule has 3 nitrogen and oxygen atoms in total. The average Bonchev–Trinajstić information content (AvgIpc) is 3.29. The highest BCUT2D eigenvalue weighted by molar-refractivity contribution is 5.47. The number of pyridine rings is 1. The molecule has 1 heterocycles. The molecule has 0 aliphatic heterocycles. The van der Waals surface area contributed by atoms with Gasteiger partial charge in [0.05, 0.1) is 0 Å². The largest absolute Gasteiger partial charge is 0.356 e. The molecule has 116 valence electrons. The number of hydrogen-bond acceptors (Lipinski definition) is 3. The average molecular weight is 287 g/mol. The summed E-state index contributed by atoms with van der Waals surface area (Å²) in [7, 11) is 2.23. The molecule has 0 bridgehead atoms. The number of rotatable bonds is 5. The van der Waals surface area contributed by atoms with Crippen molar-refractivity contribution in [2.45, 2.75) is 71.0 Å². The van der Waals surface area contributed by atoms with E-state index in [0.717, 1.165) is 18.5 Å². The minimum absolute atomic E-state index is 0.653. The molecule has 1 N–H and O–H groups in total. The van der Waals surface area contributed by atoms with E-state index < -0.39 is 0 Å². The second-order valence-corrected chi connectivity index (χ2v) is 7.08. The van der Waals surface area contributed by atoms with Gasteiger partial charge in [-0.3, -0.25) is 0 Å². The second kappa shape index (κ2) is 6.35. The predicted molar refractivity (Wildman–Crippen MR) is 88.7 cm³/mol. The first-order valence-electron chi connectivity index (χ1n) is 8.57. The Morgan fingerprint density at radius 1 is 1.24 bits per heavy atom. The van der Waals surface area contributed by atoms with Gasteiger partial charge in [-0.05, 0) is 55.7 Å². The van der Waals surface area contributed by atoms with E-state index in [1.807, 2.05) is 0 Å². The molecule has 2 unspecified atom stereocenters. The highest BCUT2D eigenvalue weighted by Crippen LogP contribution is 2.31. The molecule has 3 heteroatoms. The Labute approximate surface area is 129 Å². The van der Waals surface area contributed by atoms with Crippen LogP contribution in [0.1, 0.15) is 56.6 Å². The van der Waals surface area contributed by atoms with Gasteiger partial charge in [-0.2, -0.15) is 0 Å². The highest BCUT2D eigenvalue weighted by Gasteiger charge is 2.26. The molecule has 0 saturated heterocycles. The lowest BCUT2D eigenvalue weighted by Crippen LogP contribution is -2.39. The maximum absolute atomic E-state index is 4.77. The lowest BCUT2D eigenvalue weighted by Gasteiger charge is -2.37. The first-order chi connectivity index (χ1) is 10.1. The van der Waals surface area contributed by atoms with E-state index >= 15 is 0 Å². The summed E-state index contributed by atoms with van der Waals surface area (Å²) in [5.74, 6) is 1.95. The third-order valence-electron chi connectivity index (χ3n) is 5.18. The Morgan fingerprint density at radius 2 is 2.00 bits per heavy atom. The fourth-order valence-corrected chi connectivity index (χ4v) is 3.67. The molecule has 2 aliphatic rings. The van der Waals surface area contributed by atoms with Gasteiger partial charge < -0.3 is 10.2 Å². The number of anilines is 1. The van der Waals surface area contributed by atoms with Crippen LogP contribution < -0.4 is 10.2 Å². The maximum atomic E-state index is 4.77. The lowest BCUT2D eigenvalue weighted by molar-refractivity contribution is 0.320. The summed E-state index contributed by atoms with van der Waals surface area (Å²) >= 11 is 0. The number of aromatic nitrogens is 1. The van der Waals surface area contributed by atoms with Crippen LogP contribution in [0.15, 0.2) is 12.3 Å². The van der Waals surface area contributed by atoms with Crippen molar-refractivity contribution < 1.29 is 0 Å². The third kappa shape index (κ3) is 3.57. The minimum atomic E-state index is 0.653. The molecule has 21 heavy (non-hydrogen) atoms. The smallest absolute Gasteiger partial charge is 0.131 e. The Bertz CT molecular complexity index is 481. The molecule has 0 aromatic carbocycles. The standard InChI is InChI=1S/C18H29N3/c1-13-6-4-5-7-17(13)21(3)18-14(2)10-15(12-20-18)11-19-16-8-9-16/h10,12-13,16-17,19H,4-9,11H2,1-3H3. The van der Waals surface area contributed by atoms with Crippen molar-refractivity contribution in [2.24, 2.45) is 5.92 Å². The van der Waals surface area contributed by atoms with Crippen LogP contribution >= 0.6 is 0 Å². The summed E-state index contributed by atoms with van der Waals surface area (Å²) < 4.78 is 0. The number of hydrogen-bond donors (Lipinski definition) is 1. The second-order valence-electron chi connectivity index (χ2n) is 7.08. The zero-order chi connectivity index (χ0) is 14.8. The van der Waals surface area contributed by atoms with Crippen molar-refractivity contribution >= 4 is 5.82 Å².